The smallest absolute Gasteiger partial charge is 0.111 e. The van der Waals surface area contributed by atoms with Crippen LogP contribution in [0.1, 0.15) is 27.7 Å². The van der Waals surface area contributed by atoms with Crippen LogP contribution >= 0.6 is 34.8 Å². The highest BCUT2D eigenvalue weighted by Gasteiger charge is 2.80. The monoisotopic (exact) mass is 226 g/mol. The van der Waals surface area contributed by atoms with Crippen LogP contribution in [0.4, 0.5) is 0 Å². The zero-order chi connectivity index (χ0) is 9.78. The van der Waals surface area contributed by atoms with Gasteiger partial charge >= 0.3 is 0 Å². The molecule has 0 bridgehead atoms. The molecule has 70 valence electrons. The Kier molecular flexibility index (Phi) is 2.28. The van der Waals surface area contributed by atoms with Crippen molar-refractivity contribution in [3.05, 3.63) is 11.6 Å². The first-order chi connectivity index (χ1) is 5.17. The molecule has 0 N–H and O–H groups in total. The van der Waals surface area contributed by atoms with Gasteiger partial charge in [0.25, 0.3) is 0 Å². The molecule has 0 saturated heterocycles. The number of hydrogen-bond acceptors (Lipinski definition) is 0. The maximum atomic E-state index is 6.28. The second-order valence-electron chi connectivity index (χ2n) is 4.13. The predicted molar refractivity (Wildman–Crippen MR) is 56.2 cm³/mol. The van der Waals surface area contributed by atoms with E-state index >= 15 is 0 Å². The van der Waals surface area contributed by atoms with Crippen LogP contribution in [0, 0.1) is 5.41 Å². The molecule has 0 aromatic carbocycles. The lowest BCUT2D eigenvalue weighted by Gasteiger charge is -2.05. The molecule has 1 fully saturated rings. The van der Waals surface area contributed by atoms with Gasteiger partial charge in [-0.2, -0.15) is 0 Å². The minimum atomic E-state index is -0.834. The van der Waals surface area contributed by atoms with E-state index in [0.29, 0.717) is 0 Å². The largest absolute Gasteiger partial charge is 0.148 e. The second-order valence-corrected chi connectivity index (χ2v) is 6.06. The third-order valence-electron chi connectivity index (χ3n) is 2.58. The van der Waals surface area contributed by atoms with E-state index in [1.165, 1.54) is 0 Å². The van der Waals surface area contributed by atoms with E-state index in [1.807, 2.05) is 33.8 Å². The fraction of sp³-hybridized carbons (Fsp3) is 0.778. The molecule has 0 spiro atoms. The van der Waals surface area contributed by atoms with Crippen LogP contribution in [0.3, 0.4) is 0 Å². The Hall–Kier alpha value is 0.610. The number of rotatable bonds is 1. The lowest BCUT2D eigenvalue weighted by atomic mass is 10.1. The molecule has 1 atom stereocenters. The molecule has 1 aliphatic carbocycles. The summed E-state index contributed by atoms with van der Waals surface area (Å²) in [5.41, 5.74) is 0.892. The molecule has 0 nitrogen and oxygen atoms in total. The van der Waals surface area contributed by atoms with Gasteiger partial charge in [0.15, 0.2) is 0 Å². The Morgan fingerprint density at radius 2 is 1.42 bits per heavy atom. The summed E-state index contributed by atoms with van der Waals surface area (Å²) in [6.07, 6.45) is 1.94. The van der Waals surface area contributed by atoms with E-state index in [4.69, 9.17) is 34.8 Å². The number of alkyl halides is 3. The van der Waals surface area contributed by atoms with Gasteiger partial charge in [0, 0.05) is 5.41 Å². The molecule has 1 aliphatic rings. The van der Waals surface area contributed by atoms with Crippen molar-refractivity contribution in [1.82, 2.24) is 0 Å². The molecular weight excluding hydrogens is 214 g/mol. The first-order valence-electron chi connectivity index (χ1n) is 3.89. The SMILES string of the molecule is CC(C)=CC1(Cl)C(C)(C)C1(Cl)Cl. The molecule has 0 aromatic rings. The van der Waals surface area contributed by atoms with E-state index in [0.717, 1.165) is 5.57 Å². The van der Waals surface area contributed by atoms with Crippen molar-refractivity contribution >= 4 is 34.8 Å². The average Bonchev–Trinajstić information content (AvgIpc) is 2.08. The van der Waals surface area contributed by atoms with Gasteiger partial charge in [0.1, 0.15) is 9.21 Å². The zero-order valence-electron chi connectivity index (χ0n) is 7.71. The normalized spacial score (nSPS) is 35.9. The molecule has 1 saturated carbocycles. The van der Waals surface area contributed by atoms with Crippen molar-refractivity contribution in [2.45, 2.75) is 36.9 Å². The van der Waals surface area contributed by atoms with Crippen molar-refractivity contribution in [2.24, 2.45) is 5.41 Å². The highest BCUT2D eigenvalue weighted by molar-refractivity contribution is 6.59. The van der Waals surface area contributed by atoms with Crippen LogP contribution < -0.4 is 0 Å². The molecule has 0 heterocycles. The minimum Gasteiger partial charge on any atom is -0.111 e. The molecule has 0 aliphatic heterocycles. The number of halogens is 3. The quantitative estimate of drug-likeness (QED) is 0.466. The standard InChI is InChI=1S/C9H13Cl3/c1-6(2)5-8(10)7(3,4)9(8,11)12/h5H,1-4H3. The molecule has 3 heteroatoms. The summed E-state index contributed by atoms with van der Waals surface area (Å²) in [6, 6.07) is 0. The number of allylic oxidation sites excluding steroid dienone is 2. The Morgan fingerprint density at radius 3 is 1.50 bits per heavy atom. The van der Waals surface area contributed by atoms with Gasteiger partial charge in [-0.3, -0.25) is 0 Å². The van der Waals surface area contributed by atoms with E-state index in [2.05, 4.69) is 0 Å². The van der Waals surface area contributed by atoms with Crippen molar-refractivity contribution in [1.29, 1.82) is 0 Å². The van der Waals surface area contributed by atoms with Gasteiger partial charge in [0.2, 0.25) is 0 Å². The summed E-state index contributed by atoms with van der Waals surface area (Å²) in [5, 5.41) is 0. The van der Waals surface area contributed by atoms with E-state index < -0.39 is 9.21 Å². The van der Waals surface area contributed by atoms with Crippen LogP contribution in [0.2, 0.25) is 0 Å². The average molecular weight is 228 g/mol. The maximum absolute atomic E-state index is 6.28. The molecule has 1 unspecified atom stereocenters. The Bertz CT molecular complexity index is 220. The summed E-state index contributed by atoms with van der Waals surface area (Å²) >= 11 is 18.4. The van der Waals surface area contributed by atoms with E-state index in [-0.39, 0.29) is 5.41 Å². The highest BCUT2D eigenvalue weighted by atomic mass is 35.5. The lowest BCUT2D eigenvalue weighted by Crippen LogP contribution is -2.05. The van der Waals surface area contributed by atoms with Crippen molar-refractivity contribution < 1.29 is 0 Å². The summed E-state index contributed by atoms with van der Waals surface area (Å²) in [4.78, 5) is -0.595. The van der Waals surface area contributed by atoms with Crippen LogP contribution in [0.25, 0.3) is 0 Å². The van der Waals surface area contributed by atoms with Crippen molar-refractivity contribution in [3.63, 3.8) is 0 Å². The van der Waals surface area contributed by atoms with Crippen molar-refractivity contribution in [2.75, 3.05) is 0 Å². The third kappa shape index (κ3) is 1.05. The minimum absolute atomic E-state index is 0.248. The van der Waals surface area contributed by atoms with Gasteiger partial charge in [-0.05, 0) is 13.8 Å². The Morgan fingerprint density at radius 1 is 1.08 bits per heavy atom. The lowest BCUT2D eigenvalue weighted by molar-refractivity contribution is 0.614. The fourth-order valence-corrected chi connectivity index (χ4v) is 2.85. The zero-order valence-corrected chi connectivity index (χ0v) is 9.98. The third-order valence-corrected chi connectivity index (χ3v) is 5.18. The fourth-order valence-electron chi connectivity index (χ4n) is 1.42. The van der Waals surface area contributed by atoms with Gasteiger partial charge in [-0.15, -0.1) is 11.6 Å². The first kappa shape index (κ1) is 10.7. The summed E-state index contributed by atoms with van der Waals surface area (Å²) in [7, 11) is 0. The van der Waals surface area contributed by atoms with Gasteiger partial charge in [-0.25, -0.2) is 0 Å². The van der Waals surface area contributed by atoms with E-state index in [9.17, 15) is 0 Å². The van der Waals surface area contributed by atoms with E-state index in [1.54, 1.807) is 0 Å². The topological polar surface area (TPSA) is 0 Å². The molecule has 0 aromatic heterocycles. The molecule has 0 amide bonds. The van der Waals surface area contributed by atoms with Gasteiger partial charge < -0.3 is 0 Å². The highest BCUT2D eigenvalue weighted by Crippen LogP contribution is 2.75. The molecule has 12 heavy (non-hydrogen) atoms. The predicted octanol–water partition coefficient (Wildman–Crippen LogP) is 4.14. The summed E-state index contributed by atoms with van der Waals surface area (Å²) < 4.78 is -0.834. The molecule has 0 radical (unpaired) electrons. The Labute approximate surface area is 88.9 Å². The summed E-state index contributed by atoms with van der Waals surface area (Å²) in [6.45, 7) is 7.92. The van der Waals surface area contributed by atoms with Crippen molar-refractivity contribution in [3.8, 4) is 0 Å². The number of hydrogen-bond donors (Lipinski definition) is 0. The van der Waals surface area contributed by atoms with Crippen LogP contribution in [0.15, 0.2) is 11.6 Å². The molecule has 1 rings (SSSR count). The van der Waals surface area contributed by atoms with Crippen LogP contribution in [-0.4, -0.2) is 9.21 Å². The van der Waals surface area contributed by atoms with Gasteiger partial charge in [-0.1, -0.05) is 48.7 Å². The molecular formula is C9H13Cl3. The summed E-state index contributed by atoms with van der Waals surface area (Å²) in [5.74, 6) is 0. The second kappa shape index (κ2) is 2.56. The van der Waals surface area contributed by atoms with Gasteiger partial charge in [0.05, 0.1) is 0 Å². The first-order valence-corrected chi connectivity index (χ1v) is 5.03. The van der Waals surface area contributed by atoms with Crippen LogP contribution in [0.5, 0.6) is 0 Å². The Balaban J connectivity index is 3.01. The maximum Gasteiger partial charge on any atom is 0.148 e. The van der Waals surface area contributed by atoms with Crippen LogP contribution in [-0.2, 0) is 0 Å².